The molecule has 0 saturated carbocycles. The highest BCUT2D eigenvalue weighted by atomic mass is 32.2. The number of H-pyrrole nitrogens is 1. The summed E-state index contributed by atoms with van der Waals surface area (Å²) in [6.45, 7) is 9.04. The largest absolute Gasteiger partial charge is 0.490 e. The Morgan fingerprint density at radius 1 is 1.14 bits per heavy atom. The summed E-state index contributed by atoms with van der Waals surface area (Å²) in [7, 11) is -3.17. The van der Waals surface area contributed by atoms with Crippen LogP contribution < -0.4 is 11.1 Å². The van der Waals surface area contributed by atoms with Gasteiger partial charge in [-0.1, -0.05) is 38.1 Å². The average molecular weight is 625 g/mol. The number of halogens is 3. The van der Waals surface area contributed by atoms with Crippen molar-refractivity contribution in [2.45, 2.75) is 52.1 Å². The Morgan fingerprint density at radius 2 is 1.79 bits per heavy atom. The molecule has 2 aromatic carbocycles. The lowest BCUT2D eigenvalue weighted by molar-refractivity contribution is -0.192. The normalized spacial score (nSPS) is 15.0. The number of carboxylic acids is 1. The monoisotopic (exact) mass is 624 g/mol. The van der Waals surface area contributed by atoms with Crippen LogP contribution in [0.25, 0.3) is 22.0 Å². The van der Waals surface area contributed by atoms with Crippen molar-refractivity contribution >= 4 is 32.8 Å². The molecule has 0 radical (unpaired) electrons. The van der Waals surface area contributed by atoms with E-state index in [9.17, 15) is 26.4 Å². The maximum absolute atomic E-state index is 12.4. The number of fused-ring (bicyclic) bond motifs is 1. The summed E-state index contributed by atoms with van der Waals surface area (Å²) in [5, 5.41) is 11.6. The van der Waals surface area contributed by atoms with E-state index in [4.69, 9.17) is 15.6 Å². The number of primary amides is 1. The molecule has 2 heterocycles. The molecule has 0 atom stereocenters. The molecule has 43 heavy (non-hydrogen) atoms. The van der Waals surface area contributed by atoms with Gasteiger partial charge >= 0.3 is 12.1 Å². The maximum Gasteiger partial charge on any atom is 0.490 e. The fourth-order valence-corrected chi connectivity index (χ4v) is 6.24. The lowest BCUT2D eigenvalue weighted by atomic mass is 9.88. The van der Waals surface area contributed by atoms with E-state index in [1.165, 1.54) is 5.56 Å². The molecule has 5 N–H and O–H groups in total. The number of sulfonamides is 1. The number of aromatic amines is 1. The number of hydrogen-bond donors (Lipinski definition) is 4. The number of carbonyl (C=O) groups excluding carboxylic acids is 1. The molecule has 13 heteroatoms. The molecule has 0 unspecified atom stereocenters. The number of hydrogen-bond acceptors (Lipinski definition) is 5. The first kappa shape index (κ1) is 34.1. The quantitative estimate of drug-likeness (QED) is 0.237. The third-order valence-electron chi connectivity index (χ3n) is 7.38. The van der Waals surface area contributed by atoms with E-state index in [1.807, 2.05) is 12.3 Å². The molecule has 4 rings (SSSR count). The second-order valence-corrected chi connectivity index (χ2v) is 13.2. The first-order valence-electron chi connectivity index (χ1n) is 14.2. The van der Waals surface area contributed by atoms with Crippen molar-refractivity contribution in [2.75, 3.05) is 31.9 Å². The number of piperidine rings is 1. The first-order valence-corrected chi connectivity index (χ1v) is 15.8. The topological polar surface area (TPSA) is 146 Å². The minimum absolute atomic E-state index is 0.128. The number of nitrogens with zero attached hydrogens (tertiary/aromatic N) is 1. The molecule has 0 aliphatic carbocycles. The molecule has 236 valence electrons. The Hall–Kier alpha value is -3.42. The zero-order valence-electron chi connectivity index (χ0n) is 24.5. The van der Waals surface area contributed by atoms with Crippen molar-refractivity contribution in [1.82, 2.24) is 14.6 Å². The predicted molar refractivity (Wildman–Crippen MR) is 160 cm³/mol. The molecule has 1 saturated heterocycles. The van der Waals surface area contributed by atoms with Crippen LogP contribution in [0.2, 0.25) is 0 Å². The van der Waals surface area contributed by atoms with Crippen molar-refractivity contribution in [1.29, 1.82) is 0 Å². The van der Waals surface area contributed by atoms with Crippen molar-refractivity contribution in [2.24, 2.45) is 11.7 Å². The van der Waals surface area contributed by atoms with Gasteiger partial charge in [-0.15, -0.1) is 0 Å². The molecule has 3 aromatic rings. The van der Waals surface area contributed by atoms with Gasteiger partial charge in [0.25, 0.3) is 5.91 Å². The number of carbonyl (C=O) groups is 2. The molecule has 1 fully saturated rings. The zero-order valence-corrected chi connectivity index (χ0v) is 25.3. The van der Waals surface area contributed by atoms with Crippen LogP contribution in [-0.4, -0.2) is 72.8 Å². The summed E-state index contributed by atoms with van der Waals surface area (Å²) in [6, 6.07) is 12.5. The van der Waals surface area contributed by atoms with Gasteiger partial charge in [-0.2, -0.15) is 13.2 Å². The fraction of sp³-hybridized carbons (Fsp3) is 0.467. The Kier molecular flexibility index (Phi) is 11.4. The van der Waals surface area contributed by atoms with Gasteiger partial charge in [0.05, 0.1) is 16.8 Å². The number of aliphatic carboxylic acids is 1. The van der Waals surface area contributed by atoms with Crippen LogP contribution in [0.1, 0.15) is 61.0 Å². The second-order valence-electron chi connectivity index (χ2n) is 11.0. The molecule has 9 nitrogen and oxygen atoms in total. The molecule has 1 aromatic heterocycles. The summed E-state index contributed by atoms with van der Waals surface area (Å²) in [4.78, 5) is 24.6. The lowest BCUT2D eigenvalue weighted by Crippen LogP contribution is -2.38. The summed E-state index contributed by atoms with van der Waals surface area (Å²) in [5.74, 6) is -2.26. The van der Waals surface area contributed by atoms with E-state index >= 15 is 0 Å². The number of rotatable bonds is 10. The van der Waals surface area contributed by atoms with Crippen molar-refractivity contribution in [3.8, 4) is 11.1 Å². The van der Waals surface area contributed by atoms with E-state index < -0.39 is 28.1 Å². The maximum atomic E-state index is 12.4. The van der Waals surface area contributed by atoms with Gasteiger partial charge in [0.2, 0.25) is 10.0 Å². The number of nitrogens with one attached hydrogen (secondary N) is 2. The van der Waals surface area contributed by atoms with E-state index in [-0.39, 0.29) is 11.7 Å². The Labute approximate surface area is 249 Å². The number of benzene rings is 2. The molecule has 1 aliphatic heterocycles. The SMILES string of the molecule is CCS(=O)(=O)N1CCC(c2c[nH]c3c(C(N)=O)cc(-c4cccc(CCNCC(C)C)c4)cc23)CC1.O=C(O)C(F)(F)F. The lowest BCUT2D eigenvalue weighted by Gasteiger charge is -2.31. The van der Waals surface area contributed by atoms with Crippen LogP contribution in [0.3, 0.4) is 0 Å². The van der Waals surface area contributed by atoms with Crippen LogP contribution in [0, 0.1) is 5.92 Å². The van der Waals surface area contributed by atoms with Gasteiger partial charge in [-0.3, -0.25) is 4.79 Å². The van der Waals surface area contributed by atoms with Crippen molar-refractivity contribution in [3.05, 3.63) is 59.3 Å². The van der Waals surface area contributed by atoms with Crippen LogP contribution >= 0.6 is 0 Å². The number of alkyl halides is 3. The van der Waals surface area contributed by atoms with Crippen molar-refractivity contribution < 1.29 is 36.3 Å². The van der Waals surface area contributed by atoms with E-state index in [1.54, 1.807) is 11.2 Å². The van der Waals surface area contributed by atoms with Crippen LogP contribution in [0.15, 0.2) is 42.6 Å². The van der Waals surface area contributed by atoms with Gasteiger partial charge in [0.1, 0.15) is 0 Å². The van der Waals surface area contributed by atoms with E-state index in [2.05, 4.69) is 54.5 Å². The summed E-state index contributed by atoms with van der Waals surface area (Å²) in [5.41, 5.74) is 11.4. The highest BCUT2D eigenvalue weighted by molar-refractivity contribution is 7.89. The van der Waals surface area contributed by atoms with Gasteiger partial charge in [0.15, 0.2) is 0 Å². The highest BCUT2D eigenvalue weighted by Gasteiger charge is 2.38. The van der Waals surface area contributed by atoms with Crippen LogP contribution in [-0.2, 0) is 21.2 Å². The molecular weight excluding hydrogens is 585 g/mol. The standard InChI is InChI=1S/C28H38N4O3S.C2HF3O2/c1-4-36(34,35)32-12-9-21(10-13-32)26-18-31-27-24(26)15-23(16-25(27)28(29)33)22-7-5-6-20(14-22)8-11-30-17-19(2)3;3-2(4,5)1(6)7/h5-7,14-16,18-19,21,30-31H,4,8-13,17H2,1-3H3,(H2,29,33);(H,6,7). The van der Waals surface area contributed by atoms with Crippen molar-refractivity contribution in [3.63, 3.8) is 0 Å². The third-order valence-corrected chi connectivity index (χ3v) is 9.27. The van der Waals surface area contributed by atoms with E-state index in [0.29, 0.717) is 24.6 Å². The van der Waals surface area contributed by atoms with Gasteiger partial charge in [-0.05, 0) is 85.5 Å². The number of aromatic nitrogens is 1. The molecule has 0 spiro atoms. The number of nitrogens with two attached hydrogens (primary N) is 1. The van der Waals surface area contributed by atoms with Crippen LogP contribution in [0.5, 0.6) is 0 Å². The van der Waals surface area contributed by atoms with E-state index in [0.717, 1.165) is 59.9 Å². The Balaban J connectivity index is 0.000000646. The Bertz CT molecular complexity index is 1530. The fourth-order valence-electron chi connectivity index (χ4n) is 5.11. The average Bonchev–Trinajstić information content (AvgIpc) is 3.39. The Morgan fingerprint density at radius 3 is 2.35 bits per heavy atom. The first-order chi connectivity index (χ1) is 20.1. The second kappa shape index (κ2) is 14.4. The van der Waals surface area contributed by atoms with Gasteiger partial charge in [-0.25, -0.2) is 17.5 Å². The van der Waals surface area contributed by atoms with Gasteiger partial charge < -0.3 is 21.1 Å². The molecule has 1 amide bonds. The van der Waals surface area contributed by atoms with Gasteiger partial charge in [0, 0.05) is 24.7 Å². The molecule has 0 bridgehead atoms. The third kappa shape index (κ3) is 9.04. The smallest absolute Gasteiger partial charge is 0.475 e. The predicted octanol–water partition coefficient (Wildman–Crippen LogP) is 4.88. The zero-order chi connectivity index (χ0) is 31.9. The number of carboxylic acid groups (broad SMARTS) is 1. The molecule has 1 aliphatic rings. The minimum Gasteiger partial charge on any atom is -0.475 e. The molecular formula is C30H39F3N4O5S. The highest BCUT2D eigenvalue weighted by Crippen LogP contribution is 2.37. The minimum atomic E-state index is -5.08. The summed E-state index contributed by atoms with van der Waals surface area (Å²) < 4.78 is 57.9. The summed E-state index contributed by atoms with van der Waals surface area (Å²) in [6.07, 6.45) is -0.686. The number of amides is 1. The van der Waals surface area contributed by atoms with Crippen LogP contribution in [0.4, 0.5) is 13.2 Å². The summed E-state index contributed by atoms with van der Waals surface area (Å²) >= 11 is 0.